The van der Waals surface area contributed by atoms with Crippen LogP contribution in [0.25, 0.3) is 0 Å². The van der Waals surface area contributed by atoms with Crippen LogP contribution < -0.4 is 14.8 Å². The third-order valence-corrected chi connectivity index (χ3v) is 2.23. The Morgan fingerprint density at radius 2 is 2.06 bits per heavy atom. The zero-order chi connectivity index (χ0) is 12.1. The van der Waals surface area contributed by atoms with Gasteiger partial charge in [-0.2, -0.15) is 0 Å². The second-order valence-corrected chi connectivity index (χ2v) is 3.83. The molecule has 0 bridgehead atoms. The fourth-order valence-corrected chi connectivity index (χ4v) is 1.19. The molecule has 1 aromatic rings. The van der Waals surface area contributed by atoms with Gasteiger partial charge in [-0.15, -0.1) is 11.6 Å². The summed E-state index contributed by atoms with van der Waals surface area (Å²) >= 11 is 5.65. The van der Waals surface area contributed by atoms with Crippen LogP contribution in [-0.4, -0.2) is 25.5 Å². The standard InChI is InChI=1S/C11H14ClNO3/c1-7(12)11(14)13-9-5-4-8(15-2)6-10(9)16-3/h4-7H,1-3H3,(H,13,14)/t7-/m0/s1. The molecule has 0 saturated heterocycles. The van der Waals surface area contributed by atoms with E-state index in [4.69, 9.17) is 21.1 Å². The van der Waals surface area contributed by atoms with E-state index in [1.54, 1.807) is 32.2 Å². The van der Waals surface area contributed by atoms with Crippen LogP contribution in [0.3, 0.4) is 0 Å². The fourth-order valence-electron chi connectivity index (χ4n) is 1.13. The Morgan fingerprint density at radius 1 is 1.38 bits per heavy atom. The zero-order valence-electron chi connectivity index (χ0n) is 9.41. The second kappa shape index (κ2) is 5.61. The summed E-state index contributed by atoms with van der Waals surface area (Å²) in [5.41, 5.74) is 0.570. The predicted octanol–water partition coefficient (Wildman–Crippen LogP) is 2.27. The number of benzene rings is 1. The molecule has 1 N–H and O–H groups in total. The fraction of sp³-hybridized carbons (Fsp3) is 0.364. The van der Waals surface area contributed by atoms with E-state index in [2.05, 4.69) is 5.32 Å². The average Bonchev–Trinajstić information content (AvgIpc) is 2.29. The molecular formula is C11H14ClNO3. The van der Waals surface area contributed by atoms with Gasteiger partial charge in [0.1, 0.15) is 16.9 Å². The van der Waals surface area contributed by atoms with Crippen LogP contribution in [0, 0.1) is 0 Å². The van der Waals surface area contributed by atoms with Crippen molar-refractivity contribution in [1.29, 1.82) is 0 Å². The number of carbonyl (C=O) groups is 1. The Morgan fingerprint density at radius 3 is 2.56 bits per heavy atom. The summed E-state index contributed by atoms with van der Waals surface area (Å²) in [5, 5.41) is 2.07. The molecule has 1 atom stereocenters. The normalized spacial score (nSPS) is 11.8. The summed E-state index contributed by atoms with van der Waals surface area (Å²) in [6.07, 6.45) is 0. The van der Waals surface area contributed by atoms with Crippen LogP contribution in [-0.2, 0) is 4.79 Å². The maximum absolute atomic E-state index is 11.4. The molecule has 1 amide bonds. The van der Waals surface area contributed by atoms with Gasteiger partial charge in [0.15, 0.2) is 0 Å². The number of alkyl halides is 1. The van der Waals surface area contributed by atoms with Crippen LogP contribution in [0.4, 0.5) is 5.69 Å². The SMILES string of the molecule is COc1ccc(NC(=O)[C@H](C)Cl)c(OC)c1. The molecule has 0 aromatic heterocycles. The third kappa shape index (κ3) is 3.03. The molecule has 88 valence electrons. The van der Waals surface area contributed by atoms with Crippen LogP contribution in [0.15, 0.2) is 18.2 Å². The molecule has 1 aromatic carbocycles. The highest BCUT2D eigenvalue weighted by Crippen LogP contribution is 2.29. The molecule has 0 heterocycles. The lowest BCUT2D eigenvalue weighted by Gasteiger charge is -2.12. The van der Waals surface area contributed by atoms with Crippen molar-refractivity contribution in [2.24, 2.45) is 0 Å². The number of hydrogen-bond acceptors (Lipinski definition) is 3. The van der Waals surface area contributed by atoms with Gasteiger partial charge in [-0.3, -0.25) is 4.79 Å². The van der Waals surface area contributed by atoms with E-state index in [0.717, 1.165) is 0 Å². The van der Waals surface area contributed by atoms with E-state index in [-0.39, 0.29) is 5.91 Å². The highest BCUT2D eigenvalue weighted by atomic mass is 35.5. The monoisotopic (exact) mass is 243 g/mol. The average molecular weight is 244 g/mol. The summed E-state index contributed by atoms with van der Waals surface area (Å²) < 4.78 is 10.2. The van der Waals surface area contributed by atoms with Crippen molar-refractivity contribution in [3.05, 3.63) is 18.2 Å². The number of hydrogen-bond donors (Lipinski definition) is 1. The van der Waals surface area contributed by atoms with E-state index in [9.17, 15) is 4.79 Å². The van der Waals surface area contributed by atoms with Crippen molar-refractivity contribution >= 4 is 23.2 Å². The lowest BCUT2D eigenvalue weighted by molar-refractivity contribution is -0.115. The Kier molecular flexibility index (Phi) is 4.43. The van der Waals surface area contributed by atoms with Gasteiger partial charge in [0.2, 0.25) is 5.91 Å². The maximum atomic E-state index is 11.4. The molecule has 0 fully saturated rings. The summed E-state index contributed by atoms with van der Waals surface area (Å²) in [6.45, 7) is 1.60. The number of ether oxygens (including phenoxy) is 2. The van der Waals surface area contributed by atoms with Crippen LogP contribution in [0.5, 0.6) is 11.5 Å². The maximum Gasteiger partial charge on any atom is 0.242 e. The Hall–Kier alpha value is -1.42. The quantitative estimate of drug-likeness (QED) is 0.826. The smallest absolute Gasteiger partial charge is 0.242 e. The number of anilines is 1. The van der Waals surface area contributed by atoms with Gasteiger partial charge in [0, 0.05) is 6.07 Å². The molecule has 0 aliphatic rings. The highest BCUT2D eigenvalue weighted by molar-refractivity contribution is 6.32. The first-order valence-electron chi connectivity index (χ1n) is 4.75. The summed E-state index contributed by atoms with van der Waals surface area (Å²) in [7, 11) is 3.09. The topological polar surface area (TPSA) is 47.6 Å². The first-order chi connectivity index (χ1) is 7.58. The van der Waals surface area contributed by atoms with Gasteiger partial charge in [-0.05, 0) is 19.1 Å². The van der Waals surface area contributed by atoms with Crippen molar-refractivity contribution in [2.45, 2.75) is 12.3 Å². The van der Waals surface area contributed by atoms with Gasteiger partial charge in [0.25, 0.3) is 0 Å². The van der Waals surface area contributed by atoms with Crippen molar-refractivity contribution in [2.75, 3.05) is 19.5 Å². The third-order valence-electron chi connectivity index (χ3n) is 2.03. The zero-order valence-corrected chi connectivity index (χ0v) is 10.2. The van der Waals surface area contributed by atoms with Crippen molar-refractivity contribution in [3.63, 3.8) is 0 Å². The largest absolute Gasteiger partial charge is 0.497 e. The highest BCUT2D eigenvalue weighted by Gasteiger charge is 2.12. The number of methoxy groups -OCH3 is 2. The second-order valence-electron chi connectivity index (χ2n) is 3.17. The molecule has 0 saturated carbocycles. The Bertz CT molecular complexity index is 379. The number of nitrogens with one attached hydrogen (secondary N) is 1. The minimum atomic E-state index is -0.591. The van der Waals surface area contributed by atoms with Crippen LogP contribution in [0.2, 0.25) is 0 Å². The van der Waals surface area contributed by atoms with E-state index in [1.165, 1.54) is 7.11 Å². The summed E-state index contributed by atoms with van der Waals surface area (Å²) in [5.74, 6) is 0.920. The number of carbonyl (C=O) groups excluding carboxylic acids is 1. The Labute approximate surface area is 99.5 Å². The van der Waals surface area contributed by atoms with E-state index < -0.39 is 5.38 Å². The van der Waals surface area contributed by atoms with Crippen LogP contribution in [0.1, 0.15) is 6.92 Å². The molecule has 0 radical (unpaired) electrons. The van der Waals surface area contributed by atoms with Gasteiger partial charge < -0.3 is 14.8 Å². The van der Waals surface area contributed by atoms with Gasteiger partial charge in [0.05, 0.1) is 19.9 Å². The number of amides is 1. The van der Waals surface area contributed by atoms with E-state index in [0.29, 0.717) is 17.2 Å². The number of rotatable bonds is 4. The van der Waals surface area contributed by atoms with Crippen molar-refractivity contribution < 1.29 is 14.3 Å². The first-order valence-corrected chi connectivity index (χ1v) is 5.19. The predicted molar refractivity (Wildman–Crippen MR) is 63.5 cm³/mol. The molecule has 5 heteroatoms. The Balaban J connectivity index is 2.91. The number of halogens is 1. The van der Waals surface area contributed by atoms with E-state index >= 15 is 0 Å². The van der Waals surface area contributed by atoms with Crippen molar-refractivity contribution in [1.82, 2.24) is 0 Å². The molecule has 1 rings (SSSR count). The van der Waals surface area contributed by atoms with Gasteiger partial charge in [-0.1, -0.05) is 0 Å². The minimum absolute atomic E-state index is 0.273. The molecule has 16 heavy (non-hydrogen) atoms. The summed E-state index contributed by atoms with van der Waals surface area (Å²) in [4.78, 5) is 11.4. The van der Waals surface area contributed by atoms with Gasteiger partial charge in [-0.25, -0.2) is 0 Å². The molecule has 0 aliphatic heterocycles. The van der Waals surface area contributed by atoms with Crippen LogP contribution >= 0.6 is 11.6 Å². The molecule has 4 nitrogen and oxygen atoms in total. The molecule has 0 aliphatic carbocycles. The lowest BCUT2D eigenvalue weighted by atomic mass is 10.2. The molecular weight excluding hydrogens is 230 g/mol. The van der Waals surface area contributed by atoms with Crippen molar-refractivity contribution in [3.8, 4) is 11.5 Å². The van der Waals surface area contributed by atoms with E-state index in [1.807, 2.05) is 0 Å². The van der Waals surface area contributed by atoms with Gasteiger partial charge >= 0.3 is 0 Å². The minimum Gasteiger partial charge on any atom is -0.497 e. The molecule has 0 spiro atoms. The molecule has 0 unspecified atom stereocenters. The summed E-state index contributed by atoms with van der Waals surface area (Å²) in [6, 6.07) is 5.13. The first kappa shape index (κ1) is 12.6. The lowest BCUT2D eigenvalue weighted by Crippen LogP contribution is -2.20.